The highest BCUT2D eigenvalue weighted by molar-refractivity contribution is 5.71. The number of ether oxygens (including phenoxy) is 2. The van der Waals surface area contributed by atoms with Crippen molar-refractivity contribution in [2.24, 2.45) is 0 Å². The van der Waals surface area contributed by atoms with E-state index < -0.39 is 0 Å². The standard InChI is InChI=1S/C15H22N2O3/c1-3-19-15(18)11-17-8-6-13(7-9-17)20-14-5-4-12(2)10-16-14/h4-5,10,13H,3,6-9,11H2,1-2H3. The molecule has 0 spiro atoms. The monoisotopic (exact) mass is 278 g/mol. The van der Waals surface area contributed by atoms with Crippen LogP contribution < -0.4 is 4.74 Å². The predicted molar refractivity (Wildman–Crippen MR) is 75.7 cm³/mol. The van der Waals surface area contributed by atoms with Crippen LogP contribution >= 0.6 is 0 Å². The molecule has 0 amide bonds. The number of pyridine rings is 1. The normalized spacial score (nSPS) is 16.9. The van der Waals surface area contributed by atoms with E-state index in [9.17, 15) is 4.79 Å². The SMILES string of the molecule is CCOC(=O)CN1CCC(Oc2ccc(C)cn2)CC1. The van der Waals surface area contributed by atoms with E-state index in [1.807, 2.05) is 32.2 Å². The van der Waals surface area contributed by atoms with Crippen molar-refractivity contribution in [3.63, 3.8) is 0 Å². The molecule has 0 atom stereocenters. The van der Waals surface area contributed by atoms with Crippen molar-refractivity contribution in [3.05, 3.63) is 23.9 Å². The number of carbonyl (C=O) groups is 1. The topological polar surface area (TPSA) is 51.7 Å². The smallest absolute Gasteiger partial charge is 0.320 e. The van der Waals surface area contributed by atoms with Crippen LogP contribution in [0.5, 0.6) is 5.88 Å². The number of carbonyl (C=O) groups excluding carboxylic acids is 1. The molecule has 0 N–H and O–H groups in total. The minimum atomic E-state index is -0.146. The van der Waals surface area contributed by atoms with Gasteiger partial charge >= 0.3 is 5.97 Å². The van der Waals surface area contributed by atoms with Gasteiger partial charge in [0.2, 0.25) is 5.88 Å². The van der Waals surface area contributed by atoms with Crippen molar-refractivity contribution < 1.29 is 14.3 Å². The highest BCUT2D eigenvalue weighted by Gasteiger charge is 2.22. The summed E-state index contributed by atoms with van der Waals surface area (Å²) in [4.78, 5) is 17.8. The highest BCUT2D eigenvalue weighted by Crippen LogP contribution is 2.17. The molecule has 0 unspecified atom stereocenters. The minimum Gasteiger partial charge on any atom is -0.474 e. The zero-order valence-electron chi connectivity index (χ0n) is 12.2. The predicted octanol–water partition coefficient (Wildman–Crippen LogP) is 1.80. The molecule has 1 fully saturated rings. The van der Waals surface area contributed by atoms with Crippen LogP contribution in [-0.4, -0.2) is 48.2 Å². The molecule has 0 radical (unpaired) electrons. The number of rotatable bonds is 5. The Morgan fingerprint density at radius 2 is 2.15 bits per heavy atom. The third kappa shape index (κ3) is 4.49. The van der Waals surface area contributed by atoms with Gasteiger partial charge in [0.1, 0.15) is 6.10 Å². The van der Waals surface area contributed by atoms with Gasteiger partial charge in [0.05, 0.1) is 13.2 Å². The molecular formula is C15H22N2O3. The van der Waals surface area contributed by atoms with E-state index in [0.29, 0.717) is 19.0 Å². The fourth-order valence-corrected chi connectivity index (χ4v) is 2.27. The molecule has 1 aromatic rings. The van der Waals surface area contributed by atoms with Crippen LogP contribution in [0, 0.1) is 6.92 Å². The zero-order valence-corrected chi connectivity index (χ0v) is 12.2. The number of esters is 1. The van der Waals surface area contributed by atoms with Gasteiger partial charge in [-0.05, 0) is 32.3 Å². The first-order valence-electron chi connectivity index (χ1n) is 7.14. The van der Waals surface area contributed by atoms with Gasteiger partial charge in [0.15, 0.2) is 0 Å². The van der Waals surface area contributed by atoms with Crippen molar-refractivity contribution in [1.29, 1.82) is 0 Å². The zero-order chi connectivity index (χ0) is 14.4. The van der Waals surface area contributed by atoms with E-state index in [4.69, 9.17) is 9.47 Å². The lowest BCUT2D eigenvalue weighted by molar-refractivity contribution is -0.144. The van der Waals surface area contributed by atoms with E-state index in [0.717, 1.165) is 31.5 Å². The van der Waals surface area contributed by atoms with E-state index >= 15 is 0 Å². The molecule has 5 nitrogen and oxygen atoms in total. The van der Waals surface area contributed by atoms with Crippen molar-refractivity contribution >= 4 is 5.97 Å². The molecule has 1 aromatic heterocycles. The molecule has 2 heterocycles. The van der Waals surface area contributed by atoms with E-state index in [1.165, 1.54) is 0 Å². The molecule has 20 heavy (non-hydrogen) atoms. The number of piperidine rings is 1. The van der Waals surface area contributed by atoms with Gasteiger partial charge in [-0.2, -0.15) is 0 Å². The average Bonchev–Trinajstić information content (AvgIpc) is 2.44. The molecule has 0 bridgehead atoms. The molecule has 1 aliphatic rings. The molecule has 1 saturated heterocycles. The molecule has 110 valence electrons. The Kier molecular flexibility index (Phi) is 5.35. The summed E-state index contributed by atoms with van der Waals surface area (Å²) < 4.78 is 10.8. The Balaban J connectivity index is 1.74. The van der Waals surface area contributed by atoms with Crippen LogP contribution in [0.2, 0.25) is 0 Å². The lowest BCUT2D eigenvalue weighted by Crippen LogP contribution is -2.41. The Labute approximate surface area is 119 Å². The van der Waals surface area contributed by atoms with Gasteiger partial charge in [-0.15, -0.1) is 0 Å². The summed E-state index contributed by atoms with van der Waals surface area (Å²) in [7, 11) is 0. The molecule has 1 aliphatic heterocycles. The Morgan fingerprint density at radius 1 is 1.40 bits per heavy atom. The van der Waals surface area contributed by atoms with E-state index in [1.54, 1.807) is 0 Å². The molecule has 0 aliphatic carbocycles. The fourth-order valence-electron chi connectivity index (χ4n) is 2.27. The van der Waals surface area contributed by atoms with E-state index in [-0.39, 0.29) is 12.1 Å². The van der Waals surface area contributed by atoms with Gasteiger partial charge in [-0.3, -0.25) is 9.69 Å². The minimum absolute atomic E-state index is 0.146. The van der Waals surface area contributed by atoms with Crippen molar-refractivity contribution in [1.82, 2.24) is 9.88 Å². The quantitative estimate of drug-likeness (QED) is 0.769. The molecule has 5 heteroatoms. The first-order valence-corrected chi connectivity index (χ1v) is 7.14. The fraction of sp³-hybridized carbons (Fsp3) is 0.600. The first-order chi connectivity index (χ1) is 9.67. The number of hydrogen-bond donors (Lipinski definition) is 0. The largest absolute Gasteiger partial charge is 0.474 e. The lowest BCUT2D eigenvalue weighted by atomic mass is 10.1. The number of nitrogens with zero attached hydrogens (tertiary/aromatic N) is 2. The summed E-state index contributed by atoms with van der Waals surface area (Å²) in [5.74, 6) is 0.534. The van der Waals surface area contributed by atoms with Crippen LogP contribution in [-0.2, 0) is 9.53 Å². The number of hydrogen-bond acceptors (Lipinski definition) is 5. The van der Waals surface area contributed by atoms with Crippen molar-refractivity contribution in [2.75, 3.05) is 26.2 Å². The lowest BCUT2D eigenvalue weighted by Gasteiger charge is -2.31. The third-order valence-corrected chi connectivity index (χ3v) is 3.36. The molecule has 0 aromatic carbocycles. The maximum atomic E-state index is 11.4. The third-order valence-electron chi connectivity index (χ3n) is 3.36. The summed E-state index contributed by atoms with van der Waals surface area (Å²) in [6.45, 7) is 6.36. The molecule has 2 rings (SSSR count). The van der Waals surface area contributed by atoms with Crippen LogP contribution in [0.1, 0.15) is 25.3 Å². The van der Waals surface area contributed by atoms with E-state index in [2.05, 4.69) is 9.88 Å². The van der Waals surface area contributed by atoms with Gasteiger partial charge in [-0.25, -0.2) is 4.98 Å². The van der Waals surface area contributed by atoms with Gasteiger partial charge in [0, 0.05) is 25.4 Å². The average molecular weight is 278 g/mol. The second kappa shape index (κ2) is 7.24. The van der Waals surface area contributed by atoms with Crippen molar-refractivity contribution in [2.45, 2.75) is 32.8 Å². The second-order valence-electron chi connectivity index (χ2n) is 5.07. The maximum absolute atomic E-state index is 11.4. The summed E-state index contributed by atoms with van der Waals surface area (Å²) in [6.07, 6.45) is 3.82. The highest BCUT2D eigenvalue weighted by atomic mass is 16.5. The first kappa shape index (κ1) is 14.8. The number of aromatic nitrogens is 1. The summed E-state index contributed by atoms with van der Waals surface area (Å²) >= 11 is 0. The Hall–Kier alpha value is -1.62. The maximum Gasteiger partial charge on any atom is 0.320 e. The summed E-state index contributed by atoms with van der Waals surface area (Å²) in [6, 6.07) is 3.90. The number of likely N-dealkylation sites (tertiary alicyclic amines) is 1. The van der Waals surface area contributed by atoms with Gasteiger partial charge in [-0.1, -0.05) is 6.07 Å². The van der Waals surface area contributed by atoms with Crippen LogP contribution in [0.15, 0.2) is 18.3 Å². The van der Waals surface area contributed by atoms with Crippen molar-refractivity contribution in [3.8, 4) is 5.88 Å². The second-order valence-corrected chi connectivity index (χ2v) is 5.07. The summed E-state index contributed by atoms with van der Waals surface area (Å²) in [5.41, 5.74) is 1.13. The van der Waals surface area contributed by atoms with Gasteiger partial charge in [0.25, 0.3) is 0 Å². The van der Waals surface area contributed by atoms with Crippen LogP contribution in [0.4, 0.5) is 0 Å². The Morgan fingerprint density at radius 3 is 2.75 bits per heavy atom. The van der Waals surface area contributed by atoms with Crippen LogP contribution in [0.3, 0.4) is 0 Å². The molecular weight excluding hydrogens is 256 g/mol. The number of aryl methyl sites for hydroxylation is 1. The van der Waals surface area contributed by atoms with Gasteiger partial charge < -0.3 is 9.47 Å². The Bertz CT molecular complexity index is 425. The molecule has 0 saturated carbocycles. The van der Waals surface area contributed by atoms with Crippen LogP contribution in [0.25, 0.3) is 0 Å². The summed E-state index contributed by atoms with van der Waals surface area (Å²) in [5, 5.41) is 0.